The van der Waals surface area contributed by atoms with Gasteiger partial charge < -0.3 is 32.3 Å². The van der Waals surface area contributed by atoms with Crippen LogP contribution >= 0.6 is 0 Å². The van der Waals surface area contributed by atoms with Crippen LogP contribution in [-0.2, 0) is 27.2 Å². The number of unbranched alkanes of at least 4 members (excludes halogenated alkanes) is 1. The summed E-state index contributed by atoms with van der Waals surface area (Å²) in [6, 6.07) is 27.1. The number of carbonyl (C=O) groups excluding carboxylic acids is 4. The Balaban J connectivity index is 1.71. The van der Waals surface area contributed by atoms with Gasteiger partial charge in [0.25, 0.3) is 5.91 Å². The normalized spacial score (nSPS) is 13.6. The van der Waals surface area contributed by atoms with Crippen molar-refractivity contribution < 1.29 is 19.2 Å². The van der Waals surface area contributed by atoms with Gasteiger partial charge in [0.05, 0.1) is 0 Å². The number of nitrogens with two attached hydrogens (primary N) is 3. The maximum Gasteiger partial charge on any atom is 0.254 e. The van der Waals surface area contributed by atoms with Crippen LogP contribution < -0.4 is 22.5 Å². The van der Waals surface area contributed by atoms with E-state index in [-0.39, 0.29) is 24.8 Å². The summed E-state index contributed by atoms with van der Waals surface area (Å²) in [5.41, 5.74) is 20.3. The second-order valence-corrected chi connectivity index (χ2v) is 12.6. The van der Waals surface area contributed by atoms with Crippen molar-refractivity contribution in [1.82, 2.24) is 15.1 Å². The van der Waals surface area contributed by atoms with Gasteiger partial charge in [-0.1, -0.05) is 84.9 Å². The number of hydrogen-bond donors (Lipinski definition) is 4. The van der Waals surface area contributed by atoms with E-state index in [9.17, 15) is 19.2 Å². The molecule has 0 heterocycles. The van der Waals surface area contributed by atoms with E-state index in [0.29, 0.717) is 31.4 Å². The standard InChI is InChI=1S/C39H48N6O4/c1-26(41)30-16-11-17-32(25-30)38(48)45(3)35(24-28-19-20-29-14-7-8-15-31(29)22-28)39(49)44(2)34(23-27-12-5-4-6-13-27)37(47)43-33(36(42)46)18-9-10-21-40/h4-8,11-17,19-20,22,25-26,33-35H,9-10,18,21,23-24,40-41H2,1-3H3,(H2,42,46)(H,43,47)/t26-,33?,34+,35+/m0/s1. The molecular formula is C39H48N6O4. The maximum atomic E-state index is 14.7. The molecule has 7 N–H and O–H groups in total. The lowest BCUT2D eigenvalue weighted by Gasteiger charge is -2.35. The summed E-state index contributed by atoms with van der Waals surface area (Å²) < 4.78 is 0. The number of hydrogen-bond acceptors (Lipinski definition) is 6. The summed E-state index contributed by atoms with van der Waals surface area (Å²) in [4.78, 5) is 57.8. The van der Waals surface area contributed by atoms with Gasteiger partial charge in [0.15, 0.2) is 0 Å². The highest BCUT2D eigenvalue weighted by atomic mass is 16.2. The summed E-state index contributed by atoms with van der Waals surface area (Å²) in [5, 5.41) is 4.85. The highest BCUT2D eigenvalue weighted by Crippen LogP contribution is 2.22. The van der Waals surface area contributed by atoms with Crippen LogP contribution in [0.4, 0.5) is 0 Å². The Morgan fingerprint density at radius 3 is 2.08 bits per heavy atom. The molecule has 4 aromatic rings. The van der Waals surface area contributed by atoms with Crippen molar-refractivity contribution in [2.24, 2.45) is 17.2 Å². The lowest BCUT2D eigenvalue weighted by atomic mass is 9.97. The molecule has 0 radical (unpaired) electrons. The van der Waals surface area contributed by atoms with Crippen LogP contribution in [0.25, 0.3) is 10.8 Å². The van der Waals surface area contributed by atoms with Gasteiger partial charge in [-0.25, -0.2) is 0 Å². The van der Waals surface area contributed by atoms with Crippen molar-refractivity contribution in [1.29, 1.82) is 0 Å². The molecule has 4 atom stereocenters. The molecule has 0 aliphatic carbocycles. The predicted octanol–water partition coefficient (Wildman–Crippen LogP) is 3.71. The van der Waals surface area contributed by atoms with Gasteiger partial charge in [0.2, 0.25) is 17.7 Å². The SMILES string of the molecule is C[C@H](N)c1cccc(C(=O)N(C)[C@H](Cc2ccc3ccccc3c2)C(=O)N(C)[C@H](Cc2ccccc2)C(=O)NC(CCCCN)C(N)=O)c1. The average Bonchev–Trinajstić information content (AvgIpc) is 3.11. The molecule has 0 aromatic heterocycles. The molecule has 0 saturated heterocycles. The highest BCUT2D eigenvalue weighted by Gasteiger charge is 2.36. The number of fused-ring (bicyclic) bond motifs is 1. The van der Waals surface area contributed by atoms with Gasteiger partial charge in [-0.15, -0.1) is 0 Å². The quantitative estimate of drug-likeness (QED) is 0.133. The van der Waals surface area contributed by atoms with Crippen LogP contribution in [0, 0.1) is 0 Å². The van der Waals surface area contributed by atoms with E-state index in [4.69, 9.17) is 17.2 Å². The Hall–Kier alpha value is -5.06. The second-order valence-electron chi connectivity index (χ2n) is 12.6. The van der Waals surface area contributed by atoms with Gasteiger partial charge >= 0.3 is 0 Å². The number of nitrogens with zero attached hydrogens (tertiary/aromatic N) is 2. The van der Waals surface area contributed by atoms with Crippen molar-refractivity contribution in [3.8, 4) is 0 Å². The molecule has 258 valence electrons. The first kappa shape index (κ1) is 36.8. The van der Waals surface area contributed by atoms with E-state index < -0.39 is 35.8 Å². The summed E-state index contributed by atoms with van der Waals surface area (Å²) in [5.74, 6) is -1.96. The number of amides is 4. The minimum absolute atomic E-state index is 0.181. The lowest BCUT2D eigenvalue weighted by molar-refractivity contribution is -0.142. The molecule has 1 unspecified atom stereocenters. The molecule has 0 spiro atoms. The summed E-state index contributed by atoms with van der Waals surface area (Å²) in [6.45, 7) is 2.29. The molecule has 49 heavy (non-hydrogen) atoms. The highest BCUT2D eigenvalue weighted by molar-refractivity contribution is 5.99. The Morgan fingerprint density at radius 1 is 0.735 bits per heavy atom. The second kappa shape index (κ2) is 17.4. The Bertz CT molecular complexity index is 1740. The Morgan fingerprint density at radius 2 is 1.41 bits per heavy atom. The molecule has 0 aliphatic rings. The third-order valence-electron chi connectivity index (χ3n) is 8.97. The fourth-order valence-corrected chi connectivity index (χ4v) is 5.96. The number of rotatable bonds is 16. The molecule has 0 fully saturated rings. The first-order valence-corrected chi connectivity index (χ1v) is 16.7. The lowest BCUT2D eigenvalue weighted by Crippen LogP contribution is -2.58. The van der Waals surface area contributed by atoms with Crippen LogP contribution in [0.15, 0.2) is 97.1 Å². The van der Waals surface area contributed by atoms with Gasteiger partial charge in [-0.2, -0.15) is 0 Å². The van der Waals surface area contributed by atoms with E-state index in [1.807, 2.05) is 85.8 Å². The molecular weight excluding hydrogens is 616 g/mol. The number of benzene rings is 4. The molecule has 0 saturated carbocycles. The number of carbonyl (C=O) groups is 4. The van der Waals surface area contributed by atoms with E-state index in [1.54, 1.807) is 32.3 Å². The zero-order chi connectivity index (χ0) is 35.5. The molecule has 10 nitrogen and oxygen atoms in total. The van der Waals surface area contributed by atoms with Crippen LogP contribution in [0.5, 0.6) is 0 Å². The van der Waals surface area contributed by atoms with Gasteiger partial charge in [-0.3, -0.25) is 19.2 Å². The summed E-state index contributed by atoms with van der Waals surface area (Å²) in [7, 11) is 3.16. The van der Waals surface area contributed by atoms with Crippen LogP contribution in [0.1, 0.15) is 59.3 Å². The first-order valence-electron chi connectivity index (χ1n) is 16.7. The predicted molar refractivity (Wildman–Crippen MR) is 193 cm³/mol. The first-order chi connectivity index (χ1) is 23.5. The van der Waals surface area contributed by atoms with E-state index in [2.05, 4.69) is 5.32 Å². The molecule has 10 heteroatoms. The van der Waals surface area contributed by atoms with Crippen molar-refractivity contribution in [2.75, 3.05) is 20.6 Å². The largest absolute Gasteiger partial charge is 0.368 e. The minimum atomic E-state index is -1.00. The average molecular weight is 665 g/mol. The smallest absolute Gasteiger partial charge is 0.254 e. The third kappa shape index (κ3) is 9.74. The van der Waals surface area contributed by atoms with E-state index >= 15 is 0 Å². The van der Waals surface area contributed by atoms with Crippen molar-refractivity contribution in [3.05, 3.63) is 119 Å². The molecule has 4 aromatic carbocycles. The number of likely N-dealkylation sites (N-methyl/N-ethyl adjacent to an activating group) is 2. The zero-order valence-electron chi connectivity index (χ0n) is 28.5. The third-order valence-corrected chi connectivity index (χ3v) is 8.97. The number of nitrogens with one attached hydrogen (secondary N) is 1. The summed E-state index contributed by atoms with van der Waals surface area (Å²) >= 11 is 0. The van der Waals surface area contributed by atoms with Gasteiger partial charge in [-0.05, 0) is 72.3 Å². The van der Waals surface area contributed by atoms with Crippen LogP contribution in [-0.4, -0.2) is 72.2 Å². The van der Waals surface area contributed by atoms with Gasteiger partial charge in [0.1, 0.15) is 18.1 Å². The van der Waals surface area contributed by atoms with E-state index in [0.717, 1.165) is 27.5 Å². The number of primary amides is 1. The Kier molecular flexibility index (Phi) is 13.0. The molecule has 0 aliphatic heterocycles. The van der Waals surface area contributed by atoms with Crippen molar-refractivity contribution in [3.63, 3.8) is 0 Å². The molecule has 4 amide bonds. The zero-order valence-corrected chi connectivity index (χ0v) is 28.5. The van der Waals surface area contributed by atoms with Gasteiger partial charge in [0, 0.05) is 38.5 Å². The topological polar surface area (TPSA) is 165 Å². The fraction of sp³-hybridized carbons (Fsp3) is 0.333. The Labute approximate surface area is 288 Å². The van der Waals surface area contributed by atoms with Crippen molar-refractivity contribution in [2.45, 2.75) is 63.2 Å². The van der Waals surface area contributed by atoms with Crippen LogP contribution in [0.2, 0.25) is 0 Å². The molecule has 0 bridgehead atoms. The van der Waals surface area contributed by atoms with E-state index in [1.165, 1.54) is 9.80 Å². The monoisotopic (exact) mass is 664 g/mol. The fourth-order valence-electron chi connectivity index (χ4n) is 5.96. The summed E-state index contributed by atoms with van der Waals surface area (Å²) in [6.07, 6.45) is 1.99. The van der Waals surface area contributed by atoms with Crippen LogP contribution in [0.3, 0.4) is 0 Å². The minimum Gasteiger partial charge on any atom is -0.368 e. The maximum absolute atomic E-state index is 14.7. The molecule has 4 rings (SSSR count). The van der Waals surface area contributed by atoms with Crippen molar-refractivity contribution >= 4 is 34.4 Å².